The van der Waals surface area contributed by atoms with Gasteiger partial charge < -0.3 is 15.0 Å². The van der Waals surface area contributed by atoms with Gasteiger partial charge in [-0.05, 0) is 37.6 Å². The highest BCUT2D eigenvalue weighted by atomic mass is 19.1. The van der Waals surface area contributed by atoms with Crippen LogP contribution in [0.25, 0.3) is 10.9 Å². The smallest absolute Gasteiger partial charge is 0.267 e. The standard InChI is InChI=1S/C17H22FN3O2/c18-14-4-3-5-15-13(14)12-16(20-15)17(22)19-6-1-2-7-21-8-10-23-11-9-21/h3-5,12,20H,1-2,6-11H2,(H,19,22). The van der Waals surface area contributed by atoms with E-state index < -0.39 is 0 Å². The summed E-state index contributed by atoms with van der Waals surface area (Å²) < 4.78 is 18.9. The average molecular weight is 319 g/mol. The molecule has 3 rings (SSSR count). The molecule has 1 aliphatic rings. The van der Waals surface area contributed by atoms with Crippen LogP contribution in [0.2, 0.25) is 0 Å². The number of halogens is 1. The Morgan fingerprint density at radius 3 is 2.91 bits per heavy atom. The van der Waals surface area contributed by atoms with Crippen LogP contribution in [-0.2, 0) is 4.74 Å². The average Bonchev–Trinajstić information content (AvgIpc) is 3.01. The first-order chi connectivity index (χ1) is 11.2. The van der Waals surface area contributed by atoms with Crippen molar-refractivity contribution >= 4 is 16.8 Å². The molecule has 2 heterocycles. The summed E-state index contributed by atoms with van der Waals surface area (Å²) in [5, 5.41) is 3.33. The van der Waals surface area contributed by atoms with Gasteiger partial charge in [0.05, 0.1) is 13.2 Å². The Morgan fingerprint density at radius 2 is 2.13 bits per heavy atom. The fourth-order valence-electron chi connectivity index (χ4n) is 2.82. The van der Waals surface area contributed by atoms with Crippen LogP contribution in [0.1, 0.15) is 23.3 Å². The number of hydrogen-bond donors (Lipinski definition) is 2. The summed E-state index contributed by atoms with van der Waals surface area (Å²) in [6.07, 6.45) is 1.97. The zero-order valence-electron chi connectivity index (χ0n) is 13.1. The second-order valence-electron chi connectivity index (χ2n) is 5.80. The normalized spacial score (nSPS) is 15.9. The first-order valence-corrected chi connectivity index (χ1v) is 8.09. The van der Waals surface area contributed by atoms with Crippen molar-refractivity contribution in [3.63, 3.8) is 0 Å². The Labute approximate surface area is 134 Å². The van der Waals surface area contributed by atoms with Gasteiger partial charge >= 0.3 is 0 Å². The van der Waals surface area contributed by atoms with E-state index in [1.807, 2.05) is 0 Å². The first kappa shape index (κ1) is 16.0. The first-order valence-electron chi connectivity index (χ1n) is 8.09. The molecule has 1 aliphatic heterocycles. The molecular weight excluding hydrogens is 297 g/mol. The third-order valence-electron chi connectivity index (χ3n) is 4.15. The maximum absolute atomic E-state index is 13.6. The molecule has 124 valence electrons. The maximum atomic E-state index is 13.6. The highest BCUT2D eigenvalue weighted by molar-refractivity contribution is 5.98. The van der Waals surface area contributed by atoms with E-state index in [9.17, 15) is 9.18 Å². The van der Waals surface area contributed by atoms with Gasteiger partial charge in [-0.2, -0.15) is 0 Å². The predicted octanol–water partition coefficient (Wildman–Crippen LogP) is 2.15. The Kier molecular flexibility index (Phi) is 5.25. The molecule has 1 aromatic carbocycles. The molecule has 0 unspecified atom stereocenters. The monoisotopic (exact) mass is 319 g/mol. The van der Waals surface area contributed by atoms with E-state index in [2.05, 4.69) is 15.2 Å². The van der Waals surface area contributed by atoms with Crippen LogP contribution < -0.4 is 5.32 Å². The van der Waals surface area contributed by atoms with E-state index in [0.29, 0.717) is 23.1 Å². The molecule has 1 saturated heterocycles. The van der Waals surface area contributed by atoms with Gasteiger partial charge in [-0.3, -0.25) is 9.69 Å². The number of aromatic nitrogens is 1. The van der Waals surface area contributed by atoms with Crippen molar-refractivity contribution in [3.8, 4) is 0 Å². The molecule has 0 radical (unpaired) electrons. The number of morpholine rings is 1. The summed E-state index contributed by atoms with van der Waals surface area (Å²) in [7, 11) is 0. The summed E-state index contributed by atoms with van der Waals surface area (Å²) in [4.78, 5) is 17.4. The number of rotatable bonds is 6. The molecule has 6 heteroatoms. The van der Waals surface area contributed by atoms with E-state index in [1.54, 1.807) is 18.2 Å². The Morgan fingerprint density at radius 1 is 1.30 bits per heavy atom. The van der Waals surface area contributed by atoms with E-state index in [4.69, 9.17) is 4.74 Å². The van der Waals surface area contributed by atoms with Crippen molar-refractivity contribution < 1.29 is 13.9 Å². The lowest BCUT2D eigenvalue weighted by atomic mass is 10.2. The quantitative estimate of drug-likeness (QED) is 0.802. The molecule has 1 fully saturated rings. The Hall–Kier alpha value is -1.92. The third-order valence-corrected chi connectivity index (χ3v) is 4.15. The van der Waals surface area contributed by atoms with Gasteiger partial charge in [-0.1, -0.05) is 6.07 Å². The number of aromatic amines is 1. The Bertz CT molecular complexity index is 665. The van der Waals surface area contributed by atoms with Crippen LogP contribution in [0.3, 0.4) is 0 Å². The van der Waals surface area contributed by atoms with Crippen LogP contribution in [-0.4, -0.2) is 55.2 Å². The number of unbranched alkanes of at least 4 members (excludes halogenated alkanes) is 1. The zero-order chi connectivity index (χ0) is 16.1. The molecule has 1 amide bonds. The lowest BCUT2D eigenvalue weighted by Gasteiger charge is -2.26. The van der Waals surface area contributed by atoms with Crippen molar-refractivity contribution in [2.45, 2.75) is 12.8 Å². The van der Waals surface area contributed by atoms with Gasteiger partial charge in [0.25, 0.3) is 5.91 Å². The molecule has 23 heavy (non-hydrogen) atoms. The number of benzene rings is 1. The van der Waals surface area contributed by atoms with Crippen LogP contribution in [0.4, 0.5) is 4.39 Å². The summed E-state index contributed by atoms with van der Waals surface area (Å²) in [6, 6.07) is 6.34. The fraction of sp³-hybridized carbons (Fsp3) is 0.471. The largest absolute Gasteiger partial charge is 0.379 e. The minimum Gasteiger partial charge on any atom is -0.379 e. The Balaban J connectivity index is 1.42. The number of nitrogens with zero attached hydrogens (tertiary/aromatic N) is 1. The maximum Gasteiger partial charge on any atom is 0.267 e. The lowest BCUT2D eigenvalue weighted by molar-refractivity contribution is 0.0372. The summed E-state index contributed by atoms with van der Waals surface area (Å²) in [6.45, 7) is 5.28. The van der Waals surface area contributed by atoms with Gasteiger partial charge in [-0.15, -0.1) is 0 Å². The number of H-pyrrole nitrogens is 1. The van der Waals surface area contributed by atoms with Crippen LogP contribution in [0, 0.1) is 5.82 Å². The molecule has 1 aromatic heterocycles. The van der Waals surface area contributed by atoms with E-state index in [-0.39, 0.29) is 11.7 Å². The van der Waals surface area contributed by atoms with Gasteiger partial charge in [0.15, 0.2) is 0 Å². The molecule has 5 nitrogen and oxygen atoms in total. The van der Waals surface area contributed by atoms with Crippen molar-refractivity contribution in [1.29, 1.82) is 0 Å². The lowest BCUT2D eigenvalue weighted by Crippen LogP contribution is -2.37. The highest BCUT2D eigenvalue weighted by Gasteiger charge is 2.12. The van der Waals surface area contributed by atoms with Gasteiger partial charge in [0, 0.05) is 30.5 Å². The van der Waals surface area contributed by atoms with Gasteiger partial charge in [0.2, 0.25) is 0 Å². The highest BCUT2D eigenvalue weighted by Crippen LogP contribution is 2.18. The molecule has 0 aliphatic carbocycles. The van der Waals surface area contributed by atoms with E-state index in [0.717, 1.165) is 45.7 Å². The minimum absolute atomic E-state index is 0.188. The second kappa shape index (κ2) is 7.57. The third kappa shape index (κ3) is 4.09. The number of carbonyl (C=O) groups excluding carboxylic acids is 1. The number of amides is 1. The molecule has 0 bridgehead atoms. The van der Waals surface area contributed by atoms with Crippen LogP contribution in [0.15, 0.2) is 24.3 Å². The van der Waals surface area contributed by atoms with Crippen molar-refractivity contribution in [3.05, 3.63) is 35.8 Å². The van der Waals surface area contributed by atoms with E-state index in [1.165, 1.54) is 6.07 Å². The molecule has 0 spiro atoms. The van der Waals surface area contributed by atoms with E-state index >= 15 is 0 Å². The zero-order valence-corrected chi connectivity index (χ0v) is 13.1. The van der Waals surface area contributed by atoms with Crippen LogP contribution >= 0.6 is 0 Å². The topological polar surface area (TPSA) is 57.4 Å². The van der Waals surface area contributed by atoms with Gasteiger partial charge in [0.1, 0.15) is 11.5 Å². The molecule has 2 N–H and O–H groups in total. The summed E-state index contributed by atoms with van der Waals surface area (Å²) in [5.41, 5.74) is 1.04. The molecular formula is C17H22FN3O2. The molecule has 2 aromatic rings. The van der Waals surface area contributed by atoms with Crippen molar-refractivity contribution in [2.75, 3.05) is 39.4 Å². The van der Waals surface area contributed by atoms with Crippen LogP contribution in [0.5, 0.6) is 0 Å². The van der Waals surface area contributed by atoms with Crippen molar-refractivity contribution in [2.24, 2.45) is 0 Å². The number of ether oxygens (including phenoxy) is 1. The second-order valence-corrected chi connectivity index (χ2v) is 5.80. The predicted molar refractivity (Wildman–Crippen MR) is 87.1 cm³/mol. The van der Waals surface area contributed by atoms with Crippen molar-refractivity contribution in [1.82, 2.24) is 15.2 Å². The number of nitrogens with one attached hydrogen (secondary N) is 2. The number of carbonyl (C=O) groups is 1. The molecule has 0 atom stereocenters. The summed E-state index contributed by atoms with van der Waals surface area (Å²) in [5.74, 6) is -0.504. The van der Waals surface area contributed by atoms with Gasteiger partial charge in [-0.25, -0.2) is 4.39 Å². The SMILES string of the molecule is O=C(NCCCCN1CCOCC1)c1cc2c(F)cccc2[nH]1. The number of hydrogen-bond acceptors (Lipinski definition) is 3. The number of fused-ring (bicyclic) bond motifs is 1. The fourth-order valence-corrected chi connectivity index (χ4v) is 2.82. The minimum atomic E-state index is -0.316. The molecule has 0 saturated carbocycles. The summed E-state index contributed by atoms with van der Waals surface area (Å²) >= 11 is 0.